The highest BCUT2D eigenvalue weighted by Crippen LogP contribution is 2.22. The standard InChI is InChI=1S/C25H18N6O2S/c26-16-21(28-27-20-14-8-3-9-15-20)23(32)29-30-17-22(18-10-4-1-5-11-18)31(25(30)34)24(33)19-12-6-2-7-13-19/h1-15,17,27H,(H,29,32)/b28-21+. The minimum atomic E-state index is -0.786. The van der Waals surface area contributed by atoms with Crippen LogP contribution < -0.4 is 10.9 Å². The lowest BCUT2D eigenvalue weighted by Crippen LogP contribution is -2.30. The maximum atomic E-state index is 13.3. The van der Waals surface area contributed by atoms with E-state index < -0.39 is 11.6 Å². The van der Waals surface area contributed by atoms with Gasteiger partial charge in [-0.25, -0.2) is 9.24 Å². The third kappa shape index (κ3) is 4.82. The van der Waals surface area contributed by atoms with E-state index in [1.165, 1.54) is 15.4 Å². The number of hydrogen-bond donors (Lipinski definition) is 2. The third-order valence-electron chi connectivity index (χ3n) is 4.80. The van der Waals surface area contributed by atoms with Gasteiger partial charge >= 0.3 is 5.91 Å². The molecule has 0 saturated heterocycles. The molecule has 0 aliphatic carbocycles. The van der Waals surface area contributed by atoms with Crippen LogP contribution in [0.2, 0.25) is 0 Å². The molecule has 0 atom stereocenters. The number of nitrogens with zero attached hydrogens (tertiary/aromatic N) is 4. The van der Waals surface area contributed by atoms with Gasteiger partial charge in [0.15, 0.2) is 0 Å². The number of hydrazone groups is 1. The molecule has 0 unspecified atom stereocenters. The van der Waals surface area contributed by atoms with Crippen LogP contribution in [0.4, 0.5) is 5.69 Å². The van der Waals surface area contributed by atoms with E-state index in [9.17, 15) is 14.9 Å². The van der Waals surface area contributed by atoms with Crippen molar-refractivity contribution < 1.29 is 9.59 Å². The van der Waals surface area contributed by atoms with E-state index in [4.69, 9.17) is 12.2 Å². The number of carbonyl (C=O) groups is 2. The van der Waals surface area contributed by atoms with Crippen LogP contribution in [0.25, 0.3) is 11.3 Å². The molecule has 3 aromatic carbocycles. The second-order valence-corrected chi connectivity index (χ2v) is 7.40. The van der Waals surface area contributed by atoms with Gasteiger partial charge in [-0.2, -0.15) is 10.4 Å². The third-order valence-corrected chi connectivity index (χ3v) is 5.18. The summed E-state index contributed by atoms with van der Waals surface area (Å²) < 4.78 is 2.61. The lowest BCUT2D eigenvalue weighted by molar-refractivity contribution is -0.111. The van der Waals surface area contributed by atoms with Crippen LogP contribution in [0, 0.1) is 16.1 Å². The van der Waals surface area contributed by atoms with Crippen molar-refractivity contribution in [1.82, 2.24) is 9.24 Å². The number of aromatic nitrogens is 2. The van der Waals surface area contributed by atoms with Gasteiger partial charge in [0.05, 0.1) is 17.6 Å². The molecule has 4 aromatic rings. The second-order valence-electron chi connectivity index (χ2n) is 7.03. The fraction of sp³-hybridized carbons (Fsp3) is 0. The monoisotopic (exact) mass is 466 g/mol. The highest BCUT2D eigenvalue weighted by atomic mass is 32.1. The molecule has 0 fully saturated rings. The fourth-order valence-corrected chi connectivity index (χ4v) is 3.45. The Morgan fingerprint density at radius 2 is 1.47 bits per heavy atom. The molecule has 1 amide bonds. The highest BCUT2D eigenvalue weighted by Gasteiger charge is 2.20. The molecule has 0 radical (unpaired) electrons. The van der Waals surface area contributed by atoms with Crippen molar-refractivity contribution in [3.05, 3.63) is 108 Å². The summed E-state index contributed by atoms with van der Waals surface area (Å²) in [6.07, 6.45) is 1.54. The highest BCUT2D eigenvalue weighted by molar-refractivity contribution is 7.71. The van der Waals surface area contributed by atoms with Gasteiger partial charge < -0.3 is 0 Å². The number of benzene rings is 3. The Morgan fingerprint density at radius 1 is 0.882 bits per heavy atom. The van der Waals surface area contributed by atoms with Gasteiger partial charge in [0.25, 0.3) is 5.91 Å². The molecule has 166 valence electrons. The Balaban J connectivity index is 1.69. The number of nitriles is 1. The molecule has 4 rings (SSSR count). The SMILES string of the molecule is N#C/C(=N\Nc1ccccc1)C(=O)Nn1cc(-c2ccccc2)n(C(=O)c2ccccc2)c1=S. The molecule has 1 aromatic heterocycles. The zero-order valence-electron chi connectivity index (χ0n) is 17.8. The van der Waals surface area contributed by atoms with Gasteiger partial charge in [-0.05, 0) is 36.5 Å². The summed E-state index contributed by atoms with van der Waals surface area (Å²) >= 11 is 5.52. The first kappa shape index (κ1) is 22.4. The molecular weight excluding hydrogens is 448 g/mol. The minimum Gasteiger partial charge on any atom is -0.277 e. The average molecular weight is 467 g/mol. The Hall–Kier alpha value is -4.81. The molecule has 8 nitrogen and oxygen atoms in total. The fourth-order valence-electron chi connectivity index (χ4n) is 3.17. The lowest BCUT2D eigenvalue weighted by atomic mass is 10.1. The molecule has 9 heteroatoms. The summed E-state index contributed by atoms with van der Waals surface area (Å²) in [5.41, 5.74) is 7.07. The molecule has 0 aliphatic rings. The summed E-state index contributed by atoms with van der Waals surface area (Å²) in [5.74, 6) is -1.14. The van der Waals surface area contributed by atoms with E-state index in [0.717, 1.165) is 5.56 Å². The number of para-hydroxylation sites is 1. The number of nitrogens with one attached hydrogen (secondary N) is 2. The predicted molar refractivity (Wildman–Crippen MR) is 132 cm³/mol. The molecule has 34 heavy (non-hydrogen) atoms. The van der Waals surface area contributed by atoms with E-state index in [-0.39, 0.29) is 10.7 Å². The van der Waals surface area contributed by atoms with Crippen LogP contribution >= 0.6 is 12.2 Å². The summed E-state index contributed by atoms with van der Waals surface area (Å²) in [5, 5.41) is 13.3. The largest absolute Gasteiger partial charge is 0.301 e. The van der Waals surface area contributed by atoms with E-state index in [1.807, 2.05) is 42.5 Å². The smallest absolute Gasteiger partial charge is 0.277 e. The van der Waals surface area contributed by atoms with E-state index in [0.29, 0.717) is 16.9 Å². The first-order valence-electron chi connectivity index (χ1n) is 10.2. The van der Waals surface area contributed by atoms with Crippen molar-refractivity contribution in [3.8, 4) is 17.3 Å². The van der Waals surface area contributed by atoms with Gasteiger partial charge in [0.1, 0.15) is 6.07 Å². The lowest BCUT2D eigenvalue weighted by Gasteiger charge is -2.07. The topological polar surface area (TPSA) is 104 Å². The number of rotatable bonds is 6. The first-order chi connectivity index (χ1) is 16.6. The summed E-state index contributed by atoms with van der Waals surface area (Å²) in [7, 11) is 0. The quantitative estimate of drug-likeness (QED) is 0.248. The van der Waals surface area contributed by atoms with E-state index in [1.54, 1.807) is 54.6 Å². The van der Waals surface area contributed by atoms with Gasteiger partial charge in [0, 0.05) is 11.1 Å². The van der Waals surface area contributed by atoms with E-state index >= 15 is 0 Å². The minimum absolute atomic E-state index is 0.0364. The predicted octanol–water partition coefficient (Wildman–Crippen LogP) is 4.44. The van der Waals surface area contributed by atoms with E-state index in [2.05, 4.69) is 16.0 Å². The second kappa shape index (κ2) is 10.2. The molecule has 2 N–H and O–H groups in total. The van der Waals surface area contributed by atoms with Crippen LogP contribution in [0.3, 0.4) is 0 Å². The Labute approximate surface area is 200 Å². The van der Waals surface area contributed by atoms with Gasteiger partial charge in [-0.1, -0.05) is 66.7 Å². The van der Waals surface area contributed by atoms with Crippen LogP contribution in [-0.4, -0.2) is 26.8 Å². The molecule has 0 bridgehead atoms. The van der Waals surface area contributed by atoms with Crippen molar-refractivity contribution >= 4 is 35.4 Å². The Bertz CT molecular complexity index is 1450. The number of carbonyl (C=O) groups excluding carboxylic acids is 2. The van der Waals surface area contributed by atoms with Crippen LogP contribution in [0.15, 0.2) is 102 Å². The summed E-state index contributed by atoms with van der Waals surface area (Å²) in [6.45, 7) is 0. The van der Waals surface area contributed by atoms with Gasteiger partial charge in [0.2, 0.25) is 10.5 Å². The maximum absolute atomic E-state index is 13.3. The van der Waals surface area contributed by atoms with Crippen LogP contribution in [-0.2, 0) is 4.79 Å². The normalized spacial score (nSPS) is 10.9. The zero-order chi connectivity index (χ0) is 23.9. The Kier molecular flexibility index (Phi) is 6.72. The van der Waals surface area contributed by atoms with Crippen molar-refractivity contribution in [3.63, 3.8) is 0 Å². The first-order valence-corrected chi connectivity index (χ1v) is 10.6. The van der Waals surface area contributed by atoms with Crippen LogP contribution in [0.1, 0.15) is 10.4 Å². The van der Waals surface area contributed by atoms with Crippen LogP contribution in [0.5, 0.6) is 0 Å². The zero-order valence-corrected chi connectivity index (χ0v) is 18.6. The van der Waals surface area contributed by atoms with Gasteiger partial charge in [-0.3, -0.25) is 20.4 Å². The van der Waals surface area contributed by atoms with Crippen molar-refractivity contribution in [2.24, 2.45) is 5.10 Å². The number of amides is 1. The number of hydrogen-bond acceptors (Lipinski definition) is 6. The van der Waals surface area contributed by atoms with Crippen molar-refractivity contribution in [1.29, 1.82) is 5.26 Å². The number of anilines is 1. The number of imidazole rings is 1. The summed E-state index contributed by atoms with van der Waals surface area (Å²) in [4.78, 5) is 26.0. The molecular formula is C25H18N6O2S. The van der Waals surface area contributed by atoms with Crippen molar-refractivity contribution in [2.45, 2.75) is 0 Å². The maximum Gasteiger partial charge on any atom is 0.301 e. The molecule has 0 saturated carbocycles. The van der Waals surface area contributed by atoms with Crippen molar-refractivity contribution in [2.75, 3.05) is 10.9 Å². The molecule has 1 heterocycles. The average Bonchev–Trinajstić information content (AvgIpc) is 3.21. The summed E-state index contributed by atoms with van der Waals surface area (Å²) in [6, 6.07) is 28.6. The molecule has 0 spiro atoms. The Morgan fingerprint density at radius 3 is 2.09 bits per heavy atom. The van der Waals surface area contributed by atoms with Gasteiger partial charge in [-0.15, -0.1) is 0 Å². The molecule has 0 aliphatic heterocycles.